The first-order valence-electron chi connectivity index (χ1n) is 24.5. The molecule has 0 saturated heterocycles. The Labute approximate surface area is 410 Å². The maximum absolute atomic E-state index is 14.5. The second-order valence-corrected chi connectivity index (χ2v) is 18.9. The lowest BCUT2D eigenvalue weighted by atomic mass is 9.85. The standard InChI is InChI=1S/C52H72BrN5O10/c1-7-32-65-44(61)21-17-12-11-16-20-38-39(43(60)33-42(38)59)25-24-37(23-22-36-18-14-13-15-19-36)67-45(62)34-66-49(64)52(9-3,10-4)68-35(5)48(63)51(6,8-2)58-31-30-56-50(58)57-40-26-27-41-47(46(40)53)55-29-28-54-41/h11,13-16,18-19,26-29,35,37-39,42-43,59-60H,7-10,12,17,20-25,30-34H2,1-6H3,(H,56,57)/b16-11-/t35?,37-,38+,39+,42-,43+,51?/m0/s1. The Morgan fingerprint density at radius 2 is 1.66 bits per heavy atom. The van der Waals surface area contributed by atoms with Crippen molar-refractivity contribution in [2.45, 2.75) is 161 Å². The van der Waals surface area contributed by atoms with Gasteiger partial charge in [0.2, 0.25) is 0 Å². The summed E-state index contributed by atoms with van der Waals surface area (Å²) < 4.78 is 24.0. The minimum atomic E-state index is -1.52. The molecule has 2 heterocycles. The van der Waals surface area contributed by atoms with Crippen LogP contribution in [-0.2, 0) is 44.5 Å². The van der Waals surface area contributed by atoms with Crippen molar-refractivity contribution in [2.24, 2.45) is 16.8 Å². The lowest BCUT2D eigenvalue weighted by Crippen LogP contribution is -2.59. The van der Waals surface area contributed by atoms with E-state index in [1.807, 2.05) is 80.3 Å². The quantitative estimate of drug-likeness (QED) is 0.0284. The molecular weight excluding hydrogens is 935 g/mol. The van der Waals surface area contributed by atoms with Crippen LogP contribution >= 0.6 is 15.9 Å². The predicted octanol–water partition coefficient (Wildman–Crippen LogP) is 8.47. The van der Waals surface area contributed by atoms with Gasteiger partial charge >= 0.3 is 17.9 Å². The second-order valence-electron chi connectivity index (χ2n) is 18.1. The van der Waals surface area contributed by atoms with E-state index in [1.54, 1.807) is 33.2 Å². The molecule has 1 aliphatic heterocycles. The number of aromatic nitrogens is 2. The molecule has 0 spiro atoms. The monoisotopic (exact) mass is 1010 g/mol. The highest BCUT2D eigenvalue weighted by Crippen LogP contribution is 2.39. The molecule has 68 heavy (non-hydrogen) atoms. The van der Waals surface area contributed by atoms with Gasteiger partial charge in [0, 0.05) is 25.4 Å². The maximum atomic E-state index is 14.5. The SMILES string of the molecule is CCCOC(=O)CCC/C=C\C[C@@H]1[C@@H](CC[C@H](CCc2ccccc2)OC(=O)COC(=O)C(CC)(CC)OC(C)C(=O)C(C)(CC)N2CCN=C2Nc2ccc3nccnc3c2Br)[C@H](O)C[C@@H]1O. The molecule has 372 valence electrons. The van der Waals surface area contributed by atoms with Crippen molar-refractivity contribution in [3.8, 4) is 0 Å². The van der Waals surface area contributed by atoms with Gasteiger partial charge in [0.15, 0.2) is 24.0 Å². The summed E-state index contributed by atoms with van der Waals surface area (Å²) in [6, 6.07) is 13.6. The van der Waals surface area contributed by atoms with Gasteiger partial charge in [-0.1, -0.05) is 70.2 Å². The van der Waals surface area contributed by atoms with E-state index >= 15 is 0 Å². The lowest BCUT2D eigenvalue weighted by Gasteiger charge is -2.41. The fraction of sp³-hybridized carbons (Fsp3) is 0.596. The van der Waals surface area contributed by atoms with Gasteiger partial charge in [0.1, 0.15) is 23.3 Å². The molecule has 0 radical (unpaired) electrons. The summed E-state index contributed by atoms with van der Waals surface area (Å²) in [7, 11) is 0. The highest BCUT2D eigenvalue weighted by atomic mass is 79.9. The van der Waals surface area contributed by atoms with E-state index in [0.717, 1.165) is 27.7 Å². The summed E-state index contributed by atoms with van der Waals surface area (Å²) in [6.07, 6.45) is 10.5. The molecule has 15 nitrogen and oxygen atoms in total. The third kappa shape index (κ3) is 14.2. The molecule has 1 saturated carbocycles. The van der Waals surface area contributed by atoms with Crippen LogP contribution in [0, 0.1) is 11.8 Å². The number of guanidine groups is 1. The number of ether oxygens (including phenoxy) is 4. The number of rotatable bonds is 27. The fourth-order valence-electron chi connectivity index (χ4n) is 9.35. The Bertz CT molecular complexity index is 2190. The van der Waals surface area contributed by atoms with Gasteiger partial charge in [-0.05, 0) is 136 Å². The topological polar surface area (TPSA) is 199 Å². The fourth-order valence-corrected chi connectivity index (χ4v) is 9.89. The lowest BCUT2D eigenvalue weighted by molar-refractivity contribution is -0.188. The van der Waals surface area contributed by atoms with Gasteiger partial charge in [-0.3, -0.25) is 24.5 Å². The normalized spacial score (nSPS) is 20.2. The number of anilines is 1. The number of benzene rings is 2. The Morgan fingerprint density at radius 1 is 0.926 bits per heavy atom. The van der Waals surface area contributed by atoms with Crippen molar-refractivity contribution in [3.63, 3.8) is 0 Å². The molecule has 1 fully saturated rings. The number of nitrogens with one attached hydrogen (secondary N) is 1. The van der Waals surface area contributed by atoms with Crippen LogP contribution in [0.4, 0.5) is 5.69 Å². The smallest absolute Gasteiger partial charge is 0.344 e. The number of hydrogen-bond donors (Lipinski definition) is 3. The summed E-state index contributed by atoms with van der Waals surface area (Å²) in [5.74, 6) is -1.79. The zero-order valence-electron chi connectivity index (χ0n) is 40.7. The number of aryl methyl sites for hydroxylation is 1. The molecule has 2 aromatic carbocycles. The Hall–Kier alpha value is -4.77. The first-order chi connectivity index (χ1) is 32.7. The van der Waals surface area contributed by atoms with E-state index in [2.05, 4.69) is 31.2 Å². The molecule has 0 bridgehead atoms. The minimum Gasteiger partial charge on any atom is -0.466 e. The molecule has 2 unspecified atom stereocenters. The number of nitrogens with zero attached hydrogens (tertiary/aromatic N) is 4. The van der Waals surface area contributed by atoms with Gasteiger partial charge in [0.05, 0.1) is 41.0 Å². The summed E-state index contributed by atoms with van der Waals surface area (Å²) in [5, 5.41) is 25.4. The molecule has 5 rings (SSSR count). The van der Waals surface area contributed by atoms with Crippen LogP contribution in [0.5, 0.6) is 0 Å². The van der Waals surface area contributed by atoms with Gasteiger partial charge in [0.25, 0.3) is 0 Å². The van der Waals surface area contributed by atoms with Gasteiger partial charge in [-0.25, -0.2) is 9.59 Å². The first-order valence-corrected chi connectivity index (χ1v) is 25.3. The zero-order chi connectivity index (χ0) is 49.3. The summed E-state index contributed by atoms with van der Waals surface area (Å²) in [5.41, 5.74) is 0.633. The third-order valence-electron chi connectivity index (χ3n) is 13.6. The van der Waals surface area contributed by atoms with Crippen LogP contribution in [0.25, 0.3) is 11.0 Å². The third-order valence-corrected chi connectivity index (χ3v) is 14.4. The molecule has 0 amide bonds. The number of allylic oxidation sites excluding steroid dienone is 2. The summed E-state index contributed by atoms with van der Waals surface area (Å²) in [4.78, 5) is 69.3. The molecule has 3 N–H and O–H groups in total. The van der Waals surface area contributed by atoms with Crippen LogP contribution in [0.2, 0.25) is 0 Å². The van der Waals surface area contributed by atoms with Crippen LogP contribution < -0.4 is 5.32 Å². The first kappa shape index (κ1) is 54.2. The van der Waals surface area contributed by atoms with Crippen LogP contribution in [-0.4, -0.2) is 117 Å². The number of unbranched alkanes of at least 4 members (excludes halogenated alkanes) is 1. The molecular formula is C52H72BrN5O10. The second kappa shape index (κ2) is 26.3. The summed E-state index contributed by atoms with van der Waals surface area (Å²) >= 11 is 3.66. The number of carbonyl (C=O) groups excluding carboxylic acids is 4. The Balaban J connectivity index is 1.19. The van der Waals surface area contributed by atoms with Crippen molar-refractivity contribution in [3.05, 3.63) is 77.0 Å². The van der Waals surface area contributed by atoms with Crippen molar-refractivity contribution in [1.82, 2.24) is 14.9 Å². The highest BCUT2D eigenvalue weighted by molar-refractivity contribution is 9.10. The molecule has 2 aliphatic rings. The number of halogens is 1. The number of fused-ring (bicyclic) bond motifs is 1. The van der Waals surface area contributed by atoms with Crippen molar-refractivity contribution >= 4 is 62.3 Å². The molecule has 3 aromatic rings. The number of Topliss-reactive ketones (excluding diaryl/α,β-unsaturated/α-hetero) is 1. The number of esters is 3. The number of aliphatic hydroxyl groups excluding tert-OH is 2. The van der Waals surface area contributed by atoms with E-state index in [-0.39, 0.29) is 42.9 Å². The van der Waals surface area contributed by atoms with Crippen molar-refractivity contribution in [1.29, 1.82) is 0 Å². The maximum Gasteiger partial charge on any atom is 0.344 e. The van der Waals surface area contributed by atoms with Gasteiger partial charge in [-0.2, -0.15) is 0 Å². The van der Waals surface area contributed by atoms with Crippen LogP contribution in [0.15, 0.2) is 76.5 Å². The molecule has 1 aliphatic carbocycles. The van der Waals surface area contributed by atoms with E-state index in [4.69, 9.17) is 23.9 Å². The highest BCUT2D eigenvalue weighted by Gasteiger charge is 2.48. The van der Waals surface area contributed by atoms with E-state index in [9.17, 15) is 29.4 Å². The van der Waals surface area contributed by atoms with E-state index < -0.39 is 54.1 Å². The predicted molar refractivity (Wildman–Crippen MR) is 265 cm³/mol. The average Bonchev–Trinajstić information content (AvgIpc) is 3.93. The van der Waals surface area contributed by atoms with Crippen LogP contribution in [0.3, 0.4) is 0 Å². The molecule has 1 aromatic heterocycles. The number of hydrogen-bond acceptors (Lipinski definition) is 15. The van der Waals surface area contributed by atoms with Crippen molar-refractivity contribution < 1.29 is 48.3 Å². The Kier molecular flexibility index (Phi) is 20.9. The molecule has 16 heteroatoms. The number of aliphatic imine (C=N–C) groups is 1. The van der Waals surface area contributed by atoms with E-state index in [1.165, 1.54) is 0 Å². The molecule has 7 atom stereocenters. The minimum absolute atomic E-state index is 0.182. The number of ketones is 1. The largest absolute Gasteiger partial charge is 0.466 e. The zero-order valence-corrected chi connectivity index (χ0v) is 42.2. The number of aliphatic hydroxyl groups is 2. The van der Waals surface area contributed by atoms with Gasteiger partial charge in [-0.15, -0.1) is 0 Å². The van der Waals surface area contributed by atoms with E-state index in [0.29, 0.717) is 89.0 Å². The Morgan fingerprint density at radius 3 is 2.38 bits per heavy atom. The number of carbonyl (C=O) groups is 4. The average molecular weight is 1010 g/mol. The summed E-state index contributed by atoms with van der Waals surface area (Å²) in [6.45, 7) is 11.7. The van der Waals surface area contributed by atoms with Crippen molar-refractivity contribution in [2.75, 3.05) is 31.6 Å². The van der Waals surface area contributed by atoms with Crippen LogP contribution in [0.1, 0.15) is 124 Å². The van der Waals surface area contributed by atoms with Gasteiger partial charge < -0.3 is 39.4 Å².